The minimum atomic E-state index is -0.334. The Labute approximate surface area is 186 Å². The van der Waals surface area contributed by atoms with Crippen molar-refractivity contribution in [1.29, 1.82) is 5.26 Å². The number of rotatable bonds is 2. The maximum atomic E-state index is 13.5. The fraction of sp³-hybridized carbons (Fsp3) is 0.0833. The molecule has 0 radical (unpaired) electrons. The van der Waals surface area contributed by atoms with Crippen LogP contribution in [0.15, 0.2) is 58.1 Å². The summed E-state index contributed by atoms with van der Waals surface area (Å²) in [5, 5.41) is 13.6. The molecule has 0 bridgehead atoms. The van der Waals surface area contributed by atoms with E-state index in [0.717, 1.165) is 0 Å². The van der Waals surface area contributed by atoms with Gasteiger partial charge in [0.05, 0.1) is 27.8 Å². The lowest BCUT2D eigenvalue weighted by atomic mass is 10.1. The minimum absolute atomic E-state index is 0.273. The molecule has 0 saturated heterocycles. The van der Waals surface area contributed by atoms with E-state index in [1.165, 1.54) is 9.08 Å². The molecule has 0 aliphatic carbocycles. The van der Waals surface area contributed by atoms with Gasteiger partial charge in [0.2, 0.25) is 0 Å². The first-order valence-corrected chi connectivity index (χ1v) is 10.2. The lowest BCUT2D eigenvalue weighted by Gasteiger charge is -2.02. The predicted molar refractivity (Wildman–Crippen MR) is 123 cm³/mol. The average Bonchev–Trinajstić information content (AvgIpc) is 3.29. The number of pyridine rings is 1. The number of aromatic nitrogens is 4. The number of nitriles is 1. The molecule has 0 aliphatic heterocycles. The lowest BCUT2D eigenvalue weighted by molar-refractivity contribution is 0.835. The summed E-state index contributed by atoms with van der Waals surface area (Å²) in [5.74, 6) is 0. The SMILES string of the molecule is Cc1[nH]n(-c2cccc(Cl)c2)c(=O)c1/C=c1/c(C)c(C#N)c2nc3ccccc3n2c1=O. The van der Waals surface area contributed by atoms with Crippen LogP contribution in [0.4, 0.5) is 0 Å². The van der Waals surface area contributed by atoms with Gasteiger partial charge in [0.15, 0.2) is 5.65 Å². The van der Waals surface area contributed by atoms with Crippen LogP contribution in [0.3, 0.4) is 0 Å². The summed E-state index contributed by atoms with van der Waals surface area (Å²) in [6, 6.07) is 16.3. The minimum Gasteiger partial charge on any atom is -0.295 e. The van der Waals surface area contributed by atoms with Crippen molar-refractivity contribution in [3.63, 3.8) is 0 Å². The predicted octanol–water partition coefficient (Wildman–Crippen LogP) is 3.02. The summed E-state index contributed by atoms with van der Waals surface area (Å²) in [6.07, 6.45) is 1.54. The molecule has 3 heterocycles. The number of aryl methyl sites for hydroxylation is 1. The van der Waals surface area contributed by atoms with E-state index in [2.05, 4.69) is 16.2 Å². The first kappa shape index (κ1) is 19.8. The normalized spacial score (nSPS) is 12.0. The van der Waals surface area contributed by atoms with Gasteiger partial charge in [0.1, 0.15) is 6.07 Å². The van der Waals surface area contributed by atoms with Crippen molar-refractivity contribution in [3.8, 4) is 11.8 Å². The van der Waals surface area contributed by atoms with Crippen molar-refractivity contribution in [2.75, 3.05) is 0 Å². The third kappa shape index (κ3) is 2.85. The molecule has 0 aliphatic rings. The number of H-pyrrole nitrogens is 1. The van der Waals surface area contributed by atoms with E-state index < -0.39 is 0 Å². The molecule has 0 spiro atoms. The summed E-state index contributed by atoms with van der Waals surface area (Å²) >= 11 is 6.07. The van der Waals surface area contributed by atoms with Gasteiger partial charge in [0, 0.05) is 15.9 Å². The topological polar surface area (TPSA) is 95.9 Å². The Morgan fingerprint density at radius 1 is 1.09 bits per heavy atom. The largest absolute Gasteiger partial charge is 0.295 e. The number of nitrogens with one attached hydrogen (secondary N) is 1. The summed E-state index contributed by atoms with van der Waals surface area (Å²) in [5.41, 5.74) is 3.18. The number of hydrogen-bond acceptors (Lipinski definition) is 4. The van der Waals surface area contributed by atoms with Crippen molar-refractivity contribution in [2.45, 2.75) is 13.8 Å². The van der Waals surface area contributed by atoms with E-state index >= 15 is 0 Å². The van der Waals surface area contributed by atoms with E-state index in [1.54, 1.807) is 56.3 Å². The first-order valence-electron chi connectivity index (χ1n) is 9.84. The van der Waals surface area contributed by atoms with Gasteiger partial charge in [-0.05, 0) is 55.8 Å². The van der Waals surface area contributed by atoms with Crippen LogP contribution in [0.2, 0.25) is 5.02 Å². The number of halogens is 1. The molecule has 0 fully saturated rings. The molecule has 3 aromatic heterocycles. The van der Waals surface area contributed by atoms with Gasteiger partial charge in [-0.15, -0.1) is 0 Å². The monoisotopic (exact) mass is 441 g/mol. The van der Waals surface area contributed by atoms with Crippen LogP contribution in [0.1, 0.15) is 22.4 Å². The maximum Gasteiger partial charge on any atom is 0.278 e. The molecule has 5 aromatic rings. The zero-order valence-electron chi connectivity index (χ0n) is 17.2. The summed E-state index contributed by atoms with van der Waals surface area (Å²) in [6.45, 7) is 3.45. The van der Waals surface area contributed by atoms with Gasteiger partial charge < -0.3 is 0 Å². The van der Waals surface area contributed by atoms with Crippen molar-refractivity contribution >= 4 is 34.4 Å². The fourth-order valence-corrected chi connectivity index (χ4v) is 4.14. The van der Waals surface area contributed by atoms with E-state index in [0.29, 0.717) is 49.8 Å². The Morgan fingerprint density at radius 3 is 2.62 bits per heavy atom. The number of benzene rings is 2. The number of fused-ring (bicyclic) bond motifs is 3. The Morgan fingerprint density at radius 2 is 1.88 bits per heavy atom. The Kier molecular flexibility index (Phi) is 4.47. The average molecular weight is 442 g/mol. The molecule has 0 amide bonds. The molecule has 2 aromatic carbocycles. The smallest absolute Gasteiger partial charge is 0.278 e. The highest BCUT2D eigenvalue weighted by atomic mass is 35.5. The Hall–Kier alpha value is -4.15. The highest BCUT2D eigenvalue weighted by molar-refractivity contribution is 6.30. The second-order valence-electron chi connectivity index (χ2n) is 7.51. The van der Waals surface area contributed by atoms with Crippen LogP contribution >= 0.6 is 11.6 Å². The number of aromatic amines is 1. The van der Waals surface area contributed by atoms with Crippen molar-refractivity contribution in [1.82, 2.24) is 19.2 Å². The van der Waals surface area contributed by atoms with Crippen molar-refractivity contribution in [2.24, 2.45) is 0 Å². The highest BCUT2D eigenvalue weighted by Gasteiger charge is 2.17. The molecule has 1 N–H and O–H groups in total. The second kappa shape index (κ2) is 7.22. The zero-order valence-corrected chi connectivity index (χ0v) is 17.9. The molecular formula is C24H16ClN5O2. The van der Waals surface area contributed by atoms with Crippen LogP contribution in [0, 0.1) is 25.2 Å². The first-order chi connectivity index (χ1) is 15.4. The van der Waals surface area contributed by atoms with Gasteiger partial charge in [-0.1, -0.05) is 29.8 Å². The molecule has 7 nitrogen and oxygen atoms in total. The molecule has 0 unspecified atom stereocenters. The third-order valence-electron chi connectivity index (χ3n) is 5.58. The number of hydrogen-bond donors (Lipinski definition) is 1. The van der Waals surface area contributed by atoms with Crippen LogP contribution in [0.5, 0.6) is 0 Å². The van der Waals surface area contributed by atoms with E-state index in [4.69, 9.17) is 11.6 Å². The van der Waals surface area contributed by atoms with E-state index in [1.807, 2.05) is 12.1 Å². The van der Waals surface area contributed by atoms with Crippen LogP contribution < -0.4 is 16.3 Å². The molecule has 0 saturated carbocycles. The number of nitrogens with zero attached hydrogens (tertiary/aromatic N) is 4. The molecule has 32 heavy (non-hydrogen) atoms. The van der Waals surface area contributed by atoms with Gasteiger partial charge in [-0.25, -0.2) is 9.67 Å². The molecular weight excluding hydrogens is 426 g/mol. The molecule has 0 atom stereocenters. The van der Waals surface area contributed by atoms with Gasteiger partial charge in [-0.2, -0.15) is 5.26 Å². The molecule has 156 valence electrons. The molecule has 8 heteroatoms. The Bertz CT molecular complexity index is 1770. The standard InChI is InChI=1S/C24H16ClN5O2/c1-13-17(11-18-14(2)28-30(24(18)32)16-7-5-6-15(25)10-16)23(31)29-21-9-4-3-8-20(21)27-22(29)19(13)12-26/h3-11,28H,1-2H3/b17-11-. The van der Waals surface area contributed by atoms with Crippen molar-refractivity contribution in [3.05, 3.63) is 102 Å². The third-order valence-corrected chi connectivity index (χ3v) is 5.82. The van der Waals surface area contributed by atoms with Gasteiger partial charge >= 0.3 is 0 Å². The van der Waals surface area contributed by atoms with E-state index in [9.17, 15) is 14.9 Å². The van der Waals surface area contributed by atoms with Gasteiger partial charge in [0.25, 0.3) is 11.1 Å². The highest BCUT2D eigenvalue weighted by Crippen LogP contribution is 2.18. The van der Waals surface area contributed by atoms with Gasteiger partial charge in [-0.3, -0.25) is 19.1 Å². The summed E-state index contributed by atoms with van der Waals surface area (Å²) in [4.78, 5) is 31.2. The maximum absolute atomic E-state index is 13.5. The number of imidazole rings is 1. The van der Waals surface area contributed by atoms with Crippen LogP contribution in [-0.4, -0.2) is 19.2 Å². The fourth-order valence-electron chi connectivity index (χ4n) is 3.96. The molecule has 5 rings (SSSR count). The Balaban J connectivity index is 1.86. The summed E-state index contributed by atoms with van der Waals surface area (Å²) < 4.78 is 2.81. The quantitative estimate of drug-likeness (QED) is 0.455. The van der Waals surface area contributed by atoms with Crippen LogP contribution in [0.25, 0.3) is 28.4 Å². The second-order valence-corrected chi connectivity index (χ2v) is 7.94. The van der Waals surface area contributed by atoms with Crippen molar-refractivity contribution < 1.29 is 0 Å². The van der Waals surface area contributed by atoms with E-state index in [-0.39, 0.29) is 16.3 Å². The number of para-hydroxylation sites is 2. The zero-order chi connectivity index (χ0) is 22.6. The lowest BCUT2D eigenvalue weighted by Crippen LogP contribution is -2.34. The summed E-state index contributed by atoms with van der Waals surface area (Å²) in [7, 11) is 0. The van der Waals surface area contributed by atoms with Crippen LogP contribution in [-0.2, 0) is 0 Å².